The van der Waals surface area contributed by atoms with Crippen molar-refractivity contribution in [2.24, 2.45) is 0 Å². The van der Waals surface area contributed by atoms with Gasteiger partial charge in [0, 0.05) is 22.9 Å². The summed E-state index contributed by atoms with van der Waals surface area (Å²) in [5.41, 5.74) is 1.37. The molecule has 0 aliphatic carbocycles. The van der Waals surface area contributed by atoms with E-state index < -0.39 is 0 Å². The molecule has 1 fully saturated rings. The highest BCUT2D eigenvalue weighted by Gasteiger charge is 2.31. The molecule has 0 aromatic heterocycles. The summed E-state index contributed by atoms with van der Waals surface area (Å²) in [7, 11) is 0. The van der Waals surface area contributed by atoms with Gasteiger partial charge in [0.1, 0.15) is 11.2 Å². The average molecular weight is 322 g/mol. The molecular formula is C16H13ClFNOS. The molecule has 1 atom stereocenters. The van der Waals surface area contributed by atoms with Gasteiger partial charge in [-0.2, -0.15) is 0 Å². The number of thioether (sulfide) groups is 1. The Labute approximate surface area is 131 Å². The third kappa shape index (κ3) is 3.06. The zero-order valence-corrected chi connectivity index (χ0v) is 12.7. The SMILES string of the molecule is O=C(c1cccc(Cl)c1)N1CCS[C@@H]1c1cccc(F)c1. The topological polar surface area (TPSA) is 20.3 Å². The van der Waals surface area contributed by atoms with Crippen molar-refractivity contribution < 1.29 is 9.18 Å². The van der Waals surface area contributed by atoms with Crippen LogP contribution < -0.4 is 0 Å². The van der Waals surface area contributed by atoms with Crippen molar-refractivity contribution in [3.05, 3.63) is 70.5 Å². The van der Waals surface area contributed by atoms with Crippen LogP contribution in [0.25, 0.3) is 0 Å². The first-order valence-corrected chi connectivity index (χ1v) is 8.01. The molecule has 0 radical (unpaired) electrons. The van der Waals surface area contributed by atoms with Crippen LogP contribution in [-0.2, 0) is 0 Å². The normalized spacial score (nSPS) is 18.0. The van der Waals surface area contributed by atoms with E-state index in [-0.39, 0.29) is 17.1 Å². The molecule has 3 rings (SSSR count). The minimum absolute atomic E-state index is 0.0724. The number of amides is 1. The van der Waals surface area contributed by atoms with E-state index in [1.54, 1.807) is 47.0 Å². The highest BCUT2D eigenvalue weighted by atomic mass is 35.5. The number of rotatable bonds is 2. The lowest BCUT2D eigenvalue weighted by molar-refractivity contribution is 0.0760. The number of benzene rings is 2. The monoisotopic (exact) mass is 321 g/mol. The Bertz CT molecular complexity index is 679. The zero-order valence-electron chi connectivity index (χ0n) is 11.1. The van der Waals surface area contributed by atoms with Gasteiger partial charge in [0.2, 0.25) is 0 Å². The third-order valence-electron chi connectivity index (χ3n) is 3.36. The first-order valence-electron chi connectivity index (χ1n) is 6.59. The molecule has 0 bridgehead atoms. The Balaban J connectivity index is 1.89. The van der Waals surface area contributed by atoms with Gasteiger partial charge in [-0.25, -0.2) is 4.39 Å². The van der Waals surface area contributed by atoms with Gasteiger partial charge in [0.15, 0.2) is 0 Å². The van der Waals surface area contributed by atoms with Gasteiger partial charge in [-0.05, 0) is 35.9 Å². The molecule has 2 aromatic carbocycles. The van der Waals surface area contributed by atoms with Gasteiger partial charge in [-0.3, -0.25) is 4.79 Å². The number of hydrogen-bond acceptors (Lipinski definition) is 2. The second kappa shape index (κ2) is 6.08. The number of hydrogen-bond donors (Lipinski definition) is 0. The van der Waals surface area contributed by atoms with Gasteiger partial charge in [0.25, 0.3) is 5.91 Å². The second-order valence-electron chi connectivity index (χ2n) is 4.79. The van der Waals surface area contributed by atoms with Gasteiger partial charge in [-0.15, -0.1) is 11.8 Å². The minimum Gasteiger partial charge on any atom is -0.322 e. The van der Waals surface area contributed by atoms with Crippen LogP contribution >= 0.6 is 23.4 Å². The van der Waals surface area contributed by atoms with Crippen molar-refractivity contribution in [2.45, 2.75) is 5.37 Å². The van der Waals surface area contributed by atoms with Crippen LogP contribution in [0.1, 0.15) is 21.3 Å². The van der Waals surface area contributed by atoms with E-state index in [9.17, 15) is 9.18 Å². The van der Waals surface area contributed by atoms with Crippen LogP contribution in [-0.4, -0.2) is 23.1 Å². The van der Waals surface area contributed by atoms with E-state index in [1.807, 2.05) is 6.07 Å². The Morgan fingerprint density at radius 3 is 2.81 bits per heavy atom. The van der Waals surface area contributed by atoms with Crippen molar-refractivity contribution in [1.29, 1.82) is 0 Å². The number of nitrogens with zero attached hydrogens (tertiary/aromatic N) is 1. The van der Waals surface area contributed by atoms with Crippen molar-refractivity contribution >= 4 is 29.3 Å². The van der Waals surface area contributed by atoms with Crippen LogP contribution in [0.2, 0.25) is 5.02 Å². The highest BCUT2D eigenvalue weighted by molar-refractivity contribution is 7.99. The van der Waals surface area contributed by atoms with Gasteiger partial charge in [-0.1, -0.05) is 29.8 Å². The number of halogens is 2. The maximum Gasteiger partial charge on any atom is 0.255 e. The molecule has 5 heteroatoms. The maximum atomic E-state index is 13.4. The van der Waals surface area contributed by atoms with Gasteiger partial charge >= 0.3 is 0 Å². The number of carbonyl (C=O) groups excluding carboxylic acids is 1. The highest BCUT2D eigenvalue weighted by Crippen LogP contribution is 2.38. The fourth-order valence-electron chi connectivity index (χ4n) is 2.40. The van der Waals surface area contributed by atoms with E-state index in [0.717, 1.165) is 11.3 Å². The van der Waals surface area contributed by atoms with Crippen molar-refractivity contribution in [3.8, 4) is 0 Å². The molecule has 1 saturated heterocycles. The summed E-state index contributed by atoms with van der Waals surface area (Å²) in [6, 6.07) is 13.3. The zero-order chi connectivity index (χ0) is 14.8. The second-order valence-corrected chi connectivity index (χ2v) is 6.41. The molecule has 108 valence electrons. The van der Waals surface area contributed by atoms with Crippen LogP contribution in [0.4, 0.5) is 4.39 Å². The Kier molecular flexibility index (Phi) is 4.17. The van der Waals surface area contributed by atoms with E-state index in [4.69, 9.17) is 11.6 Å². The summed E-state index contributed by atoms with van der Waals surface area (Å²) in [5.74, 6) is 0.486. The summed E-state index contributed by atoms with van der Waals surface area (Å²) in [4.78, 5) is 14.4. The molecule has 1 heterocycles. The first kappa shape index (κ1) is 14.4. The molecule has 0 N–H and O–H groups in total. The molecule has 2 aromatic rings. The van der Waals surface area contributed by atoms with E-state index in [1.165, 1.54) is 12.1 Å². The fourth-order valence-corrected chi connectivity index (χ4v) is 3.84. The molecule has 0 saturated carbocycles. The lowest BCUT2D eigenvalue weighted by Gasteiger charge is -2.24. The summed E-state index contributed by atoms with van der Waals surface area (Å²) < 4.78 is 13.4. The predicted octanol–water partition coefficient (Wildman–Crippen LogP) is 4.37. The lowest BCUT2D eigenvalue weighted by Crippen LogP contribution is -2.30. The van der Waals surface area contributed by atoms with Crippen molar-refractivity contribution in [2.75, 3.05) is 12.3 Å². The molecule has 0 unspecified atom stereocenters. The van der Waals surface area contributed by atoms with Gasteiger partial charge < -0.3 is 4.90 Å². The third-order valence-corrected chi connectivity index (χ3v) is 4.85. The Hall–Kier alpha value is -1.52. The molecule has 1 aliphatic rings. The summed E-state index contributed by atoms with van der Waals surface area (Å²) in [6.07, 6.45) is 0. The minimum atomic E-state index is -0.282. The fraction of sp³-hybridized carbons (Fsp3) is 0.188. The van der Waals surface area contributed by atoms with E-state index in [2.05, 4.69) is 0 Å². The summed E-state index contributed by atoms with van der Waals surface area (Å²) in [5, 5.41) is 0.391. The Morgan fingerprint density at radius 1 is 1.24 bits per heavy atom. The molecule has 1 amide bonds. The molecule has 21 heavy (non-hydrogen) atoms. The van der Waals surface area contributed by atoms with E-state index >= 15 is 0 Å². The van der Waals surface area contributed by atoms with Crippen molar-refractivity contribution in [3.63, 3.8) is 0 Å². The smallest absolute Gasteiger partial charge is 0.255 e. The van der Waals surface area contributed by atoms with Crippen molar-refractivity contribution in [1.82, 2.24) is 4.90 Å². The molecule has 0 spiro atoms. The first-order chi connectivity index (χ1) is 10.1. The molecule has 1 aliphatic heterocycles. The van der Waals surface area contributed by atoms with E-state index in [0.29, 0.717) is 17.1 Å². The Morgan fingerprint density at radius 2 is 2.05 bits per heavy atom. The van der Waals surface area contributed by atoms with Crippen LogP contribution in [0.3, 0.4) is 0 Å². The summed E-state index contributed by atoms with van der Waals surface area (Å²) in [6.45, 7) is 0.650. The maximum absolute atomic E-state index is 13.4. The standard InChI is InChI=1S/C16H13ClFNOS/c17-13-5-1-3-11(9-13)15(20)19-7-8-21-16(19)12-4-2-6-14(18)10-12/h1-6,9-10,16H,7-8H2/t16-/m1/s1. The lowest BCUT2D eigenvalue weighted by atomic mass is 10.1. The van der Waals surface area contributed by atoms with Crippen LogP contribution in [0, 0.1) is 5.82 Å². The van der Waals surface area contributed by atoms with Gasteiger partial charge in [0.05, 0.1) is 0 Å². The average Bonchev–Trinajstić information content (AvgIpc) is 2.96. The summed E-state index contributed by atoms with van der Waals surface area (Å²) >= 11 is 7.59. The van der Waals surface area contributed by atoms with Crippen LogP contribution in [0.15, 0.2) is 48.5 Å². The number of carbonyl (C=O) groups is 1. The largest absolute Gasteiger partial charge is 0.322 e. The van der Waals surface area contributed by atoms with Crippen LogP contribution in [0.5, 0.6) is 0 Å². The quantitative estimate of drug-likeness (QED) is 0.818. The predicted molar refractivity (Wildman–Crippen MR) is 84.1 cm³/mol. The molecule has 2 nitrogen and oxygen atoms in total. The molecular weight excluding hydrogens is 309 g/mol.